The second-order valence-electron chi connectivity index (χ2n) is 11.8. The van der Waals surface area contributed by atoms with Gasteiger partial charge in [-0.15, -0.1) is 0 Å². The summed E-state index contributed by atoms with van der Waals surface area (Å²) >= 11 is 0. The van der Waals surface area contributed by atoms with Crippen molar-refractivity contribution in [3.63, 3.8) is 0 Å². The number of rotatable bonds is 0. The third-order valence-electron chi connectivity index (χ3n) is 10.2. The molecule has 32 heavy (non-hydrogen) atoms. The van der Waals surface area contributed by atoms with E-state index in [2.05, 4.69) is 43.1 Å². The number of aliphatic hydroxyl groups is 1. The van der Waals surface area contributed by atoms with E-state index in [9.17, 15) is 9.90 Å². The maximum atomic E-state index is 13.1. The number of carbonyl (C=O) groups excluding carboxylic acids is 1. The molecule has 2 aromatic rings. The van der Waals surface area contributed by atoms with Crippen LogP contribution in [0.2, 0.25) is 0 Å². The molecule has 2 N–H and O–H groups in total. The first-order valence-corrected chi connectivity index (χ1v) is 12.0. The molecule has 3 aliphatic carbocycles. The highest BCUT2D eigenvalue weighted by Gasteiger charge is 2.75. The zero-order chi connectivity index (χ0) is 22.3. The van der Waals surface area contributed by atoms with Gasteiger partial charge in [-0.1, -0.05) is 32.0 Å². The monoisotopic (exact) mass is 433 g/mol. The number of para-hydroxylation sites is 1. The lowest BCUT2D eigenvalue weighted by Gasteiger charge is -2.65. The molecule has 5 heteroatoms. The third-order valence-corrected chi connectivity index (χ3v) is 10.2. The lowest BCUT2D eigenvalue weighted by Crippen LogP contribution is -2.69. The van der Waals surface area contributed by atoms with E-state index in [1.54, 1.807) is 6.08 Å². The molecule has 0 amide bonds. The van der Waals surface area contributed by atoms with Gasteiger partial charge in [0.1, 0.15) is 5.60 Å². The average Bonchev–Trinajstić information content (AvgIpc) is 3.33. The molecular formula is C27H31NO4. The molecule has 7 rings (SSSR count). The van der Waals surface area contributed by atoms with Crippen LogP contribution in [0.1, 0.15) is 64.6 Å². The first kappa shape index (κ1) is 19.5. The molecule has 1 spiro atoms. The molecule has 0 radical (unpaired) electrons. The number of benzene rings is 1. The number of hydrogen-bond acceptors (Lipinski definition) is 4. The van der Waals surface area contributed by atoms with Gasteiger partial charge in [0.2, 0.25) is 0 Å². The summed E-state index contributed by atoms with van der Waals surface area (Å²) < 4.78 is 12.8. The zero-order valence-corrected chi connectivity index (χ0v) is 19.2. The van der Waals surface area contributed by atoms with Crippen molar-refractivity contribution in [3.05, 3.63) is 47.2 Å². The van der Waals surface area contributed by atoms with E-state index in [1.807, 2.05) is 13.8 Å². The molecule has 1 saturated heterocycles. The van der Waals surface area contributed by atoms with E-state index in [0.717, 1.165) is 19.3 Å². The maximum absolute atomic E-state index is 13.1. The maximum Gasteiger partial charge on any atom is 0.195 e. The van der Waals surface area contributed by atoms with Crippen LogP contribution < -0.4 is 0 Å². The summed E-state index contributed by atoms with van der Waals surface area (Å²) in [6.45, 7) is 8.43. The van der Waals surface area contributed by atoms with Gasteiger partial charge in [-0.3, -0.25) is 4.79 Å². The predicted octanol–water partition coefficient (Wildman–Crippen LogP) is 4.32. The molecule has 168 valence electrons. The van der Waals surface area contributed by atoms with Gasteiger partial charge in [-0.2, -0.15) is 0 Å². The molecule has 2 bridgehead atoms. The van der Waals surface area contributed by atoms with Gasteiger partial charge >= 0.3 is 0 Å². The Bertz CT molecular complexity index is 1240. The van der Waals surface area contributed by atoms with Crippen LogP contribution in [0.5, 0.6) is 0 Å². The van der Waals surface area contributed by atoms with E-state index < -0.39 is 28.5 Å². The van der Waals surface area contributed by atoms with Gasteiger partial charge in [-0.05, 0) is 63.2 Å². The molecule has 0 unspecified atom stereocenters. The Hall–Kier alpha value is -1.95. The summed E-state index contributed by atoms with van der Waals surface area (Å²) in [6.07, 6.45) is 5.09. The molecule has 6 atom stereocenters. The highest BCUT2D eigenvalue weighted by Crippen LogP contribution is 2.71. The van der Waals surface area contributed by atoms with Gasteiger partial charge in [0.25, 0.3) is 0 Å². The Morgan fingerprint density at radius 2 is 1.88 bits per heavy atom. The molecule has 1 aromatic carbocycles. The average molecular weight is 434 g/mol. The summed E-state index contributed by atoms with van der Waals surface area (Å²) in [5.74, 6) is -0.607. The molecule has 2 saturated carbocycles. The summed E-state index contributed by atoms with van der Waals surface area (Å²) in [4.78, 5) is 16.8. The number of carbonyl (C=O) groups is 1. The van der Waals surface area contributed by atoms with E-state index in [-0.39, 0.29) is 11.2 Å². The number of ether oxygens (including phenoxy) is 2. The van der Waals surface area contributed by atoms with Crippen LogP contribution in [0, 0.1) is 11.3 Å². The van der Waals surface area contributed by atoms with Crippen LogP contribution in [0.15, 0.2) is 35.9 Å². The minimum atomic E-state index is -1.16. The number of fused-ring (bicyclic) bond motifs is 9. The van der Waals surface area contributed by atoms with Crippen molar-refractivity contribution in [2.24, 2.45) is 11.3 Å². The van der Waals surface area contributed by atoms with Crippen LogP contribution >= 0.6 is 0 Å². The van der Waals surface area contributed by atoms with Gasteiger partial charge in [-0.25, -0.2) is 0 Å². The molecule has 5 nitrogen and oxygen atoms in total. The minimum Gasteiger partial charge on any atom is -0.385 e. The highest BCUT2D eigenvalue weighted by molar-refractivity contribution is 5.97. The van der Waals surface area contributed by atoms with Crippen LogP contribution in [0.4, 0.5) is 0 Å². The van der Waals surface area contributed by atoms with Crippen molar-refractivity contribution in [2.75, 3.05) is 0 Å². The molecule has 3 heterocycles. The lowest BCUT2D eigenvalue weighted by molar-refractivity contribution is -0.247. The first-order chi connectivity index (χ1) is 15.1. The zero-order valence-electron chi connectivity index (χ0n) is 19.2. The highest BCUT2D eigenvalue weighted by atomic mass is 16.8. The van der Waals surface area contributed by atoms with Crippen LogP contribution in [-0.2, 0) is 26.1 Å². The van der Waals surface area contributed by atoms with Crippen molar-refractivity contribution >= 4 is 16.7 Å². The van der Waals surface area contributed by atoms with Crippen LogP contribution in [0.25, 0.3) is 10.9 Å². The largest absolute Gasteiger partial charge is 0.385 e. The van der Waals surface area contributed by atoms with Crippen LogP contribution in [0.3, 0.4) is 0 Å². The molecule has 1 aromatic heterocycles. The topological polar surface area (TPSA) is 71.5 Å². The lowest BCUT2D eigenvalue weighted by atomic mass is 9.42. The molecule has 3 fully saturated rings. The van der Waals surface area contributed by atoms with Gasteiger partial charge in [0.15, 0.2) is 17.7 Å². The van der Waals surface area contributed by atoms with Gasteiger partial charge < -0.3 is 19.6 Å². The fourth-order valence-corrected chi connectivity index (χ4v) is 8.39. The number of ketones is 1. The van der Waals surface area contributed by atoms with Crippen molar-refractivity contribution in [1.82, 2.24) is 4.98 Å². The van der Waals surface area contributed by atoms with E-state index in [0.29, 0.717) is 24.3 Å². The summed E-state index contributed by atoms with van der Waals surface area (Å²) in [5, 5.41) is 13.9. The molecular weight excluding hydrogens is 402 g/mol. The number of aromatic amines is 1. The minimum absolute atomic E-state index is 0.0826. The van der Waals surface area contributed by atoms with Crippen molar-refractivity contribution in [2.45, 2.75) is 88.3 Å². The quantitative estimate of drug-likeness (QED) is 0.649. The Kier molecular flexibility index (Phi) is 3.29. The third kappa shape index (κ3) is 1.86. The standard InChI is InChI=1S/C27H31NO4/c1-23(2)22-19(29)14-20-26(30)10-9-15-13-17-16-7-5-6-8-18(16)28-21(17)25(15,4)24(26,3)11-12-27(20,31-22)32-23/h5-8,14-15,22,28,30H,9-13H2,1-4H3/t15-,22+,24+,25+,26+,27-/m0/s1. The Balaban J connectivity index is 1.43. The SMILES string of the molecule is CC1(C)O[C@@]23CC[C@@]4(C)[C@@](O)(CC[C@H]5Cc6c([nH]c7ccccc67)[C@@]54C)C2=CC(=O)[C@H]1O3. The van der Waals surface area contributed by atoms with Gasteiger partial charge in [0, 0.05) is 39.4 Å². The van der Waals surface area contributed by atoms with E-state index >= 15 is 0 Å². The van der Waals surface area contributed by atoms with Crippen molar-refractivity contribution < 1.29 is 19.4 Å². The smallest absolute Gasteiger partial charge is 0.195 e. The number of hydrogen-bond donors (Lipinski definition) is 2. The summed E-state index contributed by atoms with van der Waals surface area (Å²) in [7, 11) is 0. The summed E-state index contributed by atoms with van der Waals surface area (Å²) in [5.41, 5.74) is 1.98. The van der Waals surface area contributed by atoms with Crippen molar-refractivity contribution in [3.8, 4) is 0 Å². The first-order valence-electron chi connectivity index (χ1n) is 12.0. The second-order valence-corrected chi connectivity index (χ2v) is 11.8. The molecule has 2 aliphatic heterocycles. The Morgan fingerprint density at radius 3 is 2.69 bits per heavy atom. The fraction of sp³-hybridized carbons (Fsp3) is 0.593. The van der Waals surface area contributed by atoms with E-state index in [4.69, 9.17) is 9.47 Å². The number of H-pyrrole nitrogens is 1. The molecule has 5 aliphatic rings. The number of aromatic nitrogens is 1. The Morgan fingerprint density at radius 1 is 1.09 bits per heavy atom. The Labute approximate surface area is 188 Å². The van der Waals surface area contributed by atoms with Gasteiger partial charge in [0.05, 0.1) is 5.60 Å². The van der Waals surface area contributed by atoms with E-state index in [1.165, 1.54) is 22.2 Å². The second kappa shape index (κ2) is 5.40. The fourth-order valence-electron chi connectivity index (χ4n) is 8.39. The predicted molar refractivity (Wildman–Crippen MR) is 120 cm³/mol. The summed E-state index contributed by atoms with van der Waals surface area (Å²) in [6, 6.07) is 8.53. The van der Waals surface area contributed by atoms with Crippen molar-refractivity contribution in [1.29, 1.82) is 0 Å². The number of nitrogens with one attached hydrogen (secondary N) is 1. The normalized spacial score (nSPS) is 45.8. The van der Waals surface area contributed by atoms with Crippen LogP contribution in [-0.4, -0.2) is 39.0 Å².